The quantitative estimate of drug-likeness (QED) is 0.726. The molecular formula is C17H18N4O2S. The average Bonchev–Trinajstić information content (AvgIpc) is 3.25. The van der Waals surface area contributed by atoms with Crippen molar-refractivity contribution in [3.8, 4) is 10.6 Å². The van der Waals surface area contributed by atoms with Gasteiger partial charge < -0.3 is 9.26 Å². The van der Waals surface area contributed by atoms with Gasteiger partial charge in [0, 0.05) is 43.2 Å². The Labute approximate surface area is 144 Å². The fourth-order valence-corrected chi connectivity index (χ4v) is 3.72. The molecule has 124 valence electrons. The van der Waals surface area contributed by atoms with Crippen LogP contribution >= 0.6 is 11.3 Å². The predicted molar refractivity (Wildman–Crippen MR) is 90.6 cm³/mol. The minimum atomic E-state index is -0.127. The Balaban J connectivity index is 1.43. The first-order chi connectivity index (χ1) is 11.8. The molecule has 1 saturated heterocycles. The maximum atomic E-state index is 5.78. The molecule has 1 atom stereocenters. The van der Waals surface area contributed by atoms with Gasteiger partial charge in [0.2, 0.25) is 11.7 Å². The minimum Gasteiger partial charge on any atom is -0.367 e. The highest BCUT2D eigenvalue weighted by Gasteiger charge is 2.26. The molecule has 0 aliphatic carbocycles. The number of hydrogen-bond donors (Lipinski definition) is 0. The number of aromatic nitrogens is 3. The van der Waals surface area contributed by atoms with E-state index in [0.29, 0.717) is 18.3 Å². The second-order valence-electron chi connectivity index (χ2n) is 5.76. The van der Waals surface area contributed by atoms with E-state index in [1.165, 1.54) is 4.88 Å². The molecule has 0 bridgehead atoms. The summed E-state index contributed by atoms with van der Waals surface area (Å²) in [5.74, 6) is 1.20. The summed E-state index contributed by atoms with van der Waals surface area (Å²) in [5, 5.41) is 5.04. The molecule has 1 aliphatic heterocycles. The molecule has 0 spiro atoms. The second kappa shape index (κ2) is 6.80. The molecule has 0 saturated carbocycles. The van der Waals surface area contributed by atoms with Gasteiger partial charge in [-0.25, -0.2) is 4.98 Å². The molecule has 1 aromatic carbocycles. The van der Waals surface area contributed by atoms with E-state index in [2.05, 4.69) is 32.2 Å². The molecular weight excluding hydrogens is 324 g/mol. The maximum Gasteiger partial charge on any atom is 0.223 e. The highest BCUT2D eigenvalue weighted by Crippen LogP contribution is 2.27. The third-order valence-corrected chi connectivity index (χ3v) is 4.97. The Morgan fingerprint density at radius 3 is 2.96 bits per heavy atom. The lowest BCUT2D eigenvalue weighted by Crippen LogP contribution is -2.38. The van der Waals surface area contributed by atoms with E-state index in [1.54, 1.807) is 18.3 Å². The SMILES string of the molecule is Cc1nc([C@H]2CN(Cc3cnc(-c4ccccc4)s3)CCO2)no1. The van der Waals surface area contributed by atoms with Crippen molar-refractivity contribution in [1.82, 2.24) is 20.0 Å². The predicted octanol–water partition coefficient (Wildman–Crippen LogP) is 3.08. The van der Waals surface area contributed by atoms with Crippen LogP contribution < -0.4 is 0 Å². The lowest BCUT2D eigenvalue weighted by molar-refractivity contribution is -0.0377. The van der Waals surface area contributed by atoms with Gasteiger partial charge >= 0.3 is 0 Å². The van der Waals surface area contributed by atoms with Gasteiger partial charge in [0.05, 0.1) is 6.61 Å². The number of morpholine rings is 1. The summed E-state index contributed by atoms with van der Waals surface area (Å²) < 4.78 is 10.8. The fraction of sp³-hybridized carbons (Fsp3) is 0.353. The van der Waals surface area contributed by atoms with Crippen molar-refractivity contribution in [2.24, 2.45) is 0 Å². The van der Waals surface area contributed by atoms with Gasteiger partial charge in [-0.2, -0.15) is 4.98 Å². The van der Waals surface area contributed by atoms with Crippen molar-refractivity contribution in [2.75, 3.05) is 19.7 Å². The third-order valence-electron chi connectivity index (χ3n) is 3.94. The Hall–Kier alpha value is -2.09. The number of hydrogen-bond acceptors (Lipinski definition) is 7. The smallest absolute Gasteiger partial charge is 0.223 e. The first kappa shape index (κ1) is 15.4. The molecule has 1 fully saturated rings. The average molecular weight is 342 g/mol. The number of ether oxygens (including phenoxy) is 1. The molecule has 0 radical (unpaired) electrons. The third kappa shape index (κ3) is 3.38. The molecule has 2 aromatic heterocycles. The number of aryl methyl sites for hydroxylation is 1. The fourth-order valence-electron chi connectivity index (χ4n) is 2.76. The molecule has 3 aromatic rings. The molecule has 0 amide bonds. The van der Waals surface area contributed by atoms with Crippen LogP contribution in [0.4, 0.5) is 0 Å². The summed E-state index contributed by atoms with van der Waals surface area (Å²) in [6, 6.07) is 10.3. The summed E-state index contributed by atoms with van der Waals surface area (Å²) in [6.45, 7) is 4.98. The van der Waals surface area contributed by atoms with Gasteiger partial charge in [-0.1, -0.05) is 35.5 Å². The van der Waals surface area contributed by atoms with Gasteiger partial charge in [-0.15, -0.1) is 11.3 Å². The van der Waals surface area contributed by atoms with Crippen molar-refractivity contribution in [2.45, 2.75) is 19.6 Å². The summed E-state index contributed by atoms with van der Waals surface area (Å²) in [4.78, 5) is 12.4. The van der Waals surface area contributed by atoms with Crippen LogP contribution in [0.3, 0.4) is 0 Å². The molecule has 24 heavy (non-hydrogen) atoms. The van der Waals surface area contributed by atoms with Crippen molar-refractivity contribution in [3.05, 3.63) is 53.1 Å². The summed E-state index contributed by atoms with van der Waals surface area (Å²) in [7, 11) is 0. The minimum absolute atomic E-state index is 0.127. The van der Waals surface area contributed by atoms with Crippen LogP contribution in [0.25, 0.3) is 10.6 Å². The van der Waals surface area contributed by atoms with E-state index in [1.807, 2.05) is 24.4 Å². The van der Waals surface area contributed by atoms with Crippen LogP contribution in [-0.4, -0.2) is 39.7 Å². The van der Waals surface area contributed by atoms with Gasteiger partial charge in [0.25, 0.3) is 0 Å². The highest BCUT2D eigenvalue weighted by atomic mass is 32.1. The zero-order valence-corrected chi connectivity index (χ0v) is 14.2. The zero-order valence-electron chi connectivity index (χ0n) is 13.4. The Morgan fingerprint density at radius 2 is 2.17 bits per heavy atom. The van der Waals surface area contributed by atoms with E-state index in [0.717, 1.165) is 30.2 Å². The first-order valence-electron chi connectivity index (χ1n) is 7.92. The van der Waals surface area contributed by atoms with Crippen LogP contribution in [0.1, 0.15) is 22.7 Å². The molecule has 0 unspecified atom stereocenters. The van der Waals surface area contributed by atoms with Crippen LogP contribution in [0.15, 0.2) is 41.1 Å². The van der Waals surface area contributed by atoms with Crippen LogP contribution in [-0.2, 0) is 11.3 Å². The Morgan fingerprint density at radius 1 is 1.29 bits per heavy atom. The van der Waals surface area contributed by atoms with Gasteiger partial charge in [0.15, 0.2) is 0 Å². The second-order valence-corrected chi connectivity index (χ2v) is 6.88. The number of benzene rings is 1. The van der Waals surface area contributed by atoms with E-state index in [4.69, 9.17) is 9.26 Å². The molecule has 1 aliphatic rings. The van der Waals surface area contributed by atoms with Crippen LogP contribution in [0.2, 0.25) is 0 Å². The topological polar surface area (TPSA) is 64.3 Å². The molecule has 0 N–H and O–H groups in total. The van der Waals surface area contributed by atoms with Crippen molar-refractivity contribution in [3.63, 3.8) is 0 Å². The normalized spacial score (nSPS) is 18.8. The number of nitrogens with zero attached hydrogens (tertiary/aromatic N) is 4. The monoisotopic (exact) mass is 342 g/mol. The molecule has 6 nitrogen and oxygen atoms in total. The standard InChI is InChI=1S/C17H18N4O2S/c1-12-19-16(20-23-12)15-11-21(7-8-22-15)10-14-9-18-17(24-14)13-5-3-2-4-6-13/h2-6,9,15H,7-8,10-11H2,1H3/t15-/m1/s1. The van der Waals surface area contributed by atoms with Crippen LogP contribution in [0, 0.1) is 6.92 Å². The zero-order chi connectivity index (χ0) is 16.4. The summed E-state index contributed by atoms with van der Waals surface area (Å²) in [6.07, 6.45) is 1.84. The van der Waals surface area contributed by atoms with E-state index < -0.39 is 0 Å². The first-order valence-corrected chi connectivity index (χ1v) is 8.74. The van der Waals surface area contributed by atoms with Gasteiger partial charge in [-0.05, 0) is 0 Å². The van der Waals surface area contributed by atoms with Crippen molar-refractivity contribution < 1.29 is 9.26 Å². The van der Waals surface area contributed by atoms with Crippen LogP contribution in [0.5, 0.6) is 0 Å². The highest BCUT2D eigenvalue weighted by molar-refractivity contribution is 7.15. The largest absolute Gasteiger partial charge is 0.367 e. The summed E-state index contributed by atoms with van der Waals surface area (Å²) >= 11 is 1.74. The van der Waals surface area contributed by atoms with Crippen molar-refractivity contribution in [1.29, 1.82) is 0 Å². The Kier molecular flexibility index (Phi) is 4.38. The molecule has 7 heteroatoms. The van der Waals surface area contributed by atoms with Gasteiger partial charge in [0.1, 0.15) is 11.1 Å². The molecule has 4 rings (SSSR count). The number of thiazole rings is 1. The lowest BCUT2D eigenvalue weighted by Gasteiger charge is -2.30. The van der Waals surface area contributed by atoms with E-state index in [9.17, 15) is 0 Å². The number of rotatable bonds is 4. The lowest BCUT2D eigenvalue weighted by atomic mass is 10.2. The molecule has 3 heterocycles. The maximum absolute atomic E-state index is 5.78. The van der Waals surface area contributed by atoms with E-state index in [-0.39, 0.29) is 6.10 Å². The van der Waals surface area contributed by atoms with Gasteiger partial charge in [-0.3, -0.25) is 4.90 Å². The Bertz CT molecular complexity index is 802. The summed E-state index contributed by atoms with van der Waals surface area (Å²) in [5.41, 5.74) is 1.16. The van der Waals surface area contributed by atoms with E-state index >= 15 is 0 Å². The van der Waals surface area contributed by atoms with Crippen molar-refractivity contribution >= 4 is 11.3 Å².